The van der Waals surface area contributed by atoms with Gasteiger partial charge in [-0.05, 0) is 17.0 Å². The van der Waals surface area contributed by atoms with Crippen molar-refractivity contribution in [2.24, 2.45) is 5.92 Å². The van der Waals surface area contributed by atoms with Crippen molar-refractivity contribution in [3.05, 3.63) is 81.9 Å². The zero-order valence-electron chi connectivity index (χ0n) is 15.5. The summed E-state index contributed by atoms with van der Waals surface area (Å²) in [4.78, 5) is 12.7. The Hall–Kier alpha value is -2.24. The molecule has 0 aliphatic carbocycles. The quantitative estimate of drug-likeness (QED) is 0.520. The fraction of sp³-hybridized carbons (Fsp3) is 0.429. The molecule has 0 bridgehead atoms. The number of hydrogen-bond donors (Lipinski definition) is 1. The molecule has 5 nitrogen and oxygen atoms in total. The molecule has 26 heavy (non-hydrogen) atoms. The number of rotatable bonds is 10. The summed E-state index contributed by atoms with van der Waals surface area (Å²) < 4.78 is 0. The molecule has 2 rings (SSSR count). The van der Waals surface area contributed by atoms with E-state index in [0.717, 1.165) is 17.5 Å². The monoisotopic (exact) mass is 356 g/mol. The van der Waals surface area contributed by atoms with Crippen LogP contribution in [0.25, 0.3) is 0 Å². The van der Waals surface area contributed by atoms with Crippen LogP contribution in [0.4, 0.5) is 0 Å². The van der Waals surface area contributed by atoms with Gasteiger partial charge in [0.2, 0.25) is 6.54 Å². The topological polar surface area (TPSA) is 66.6 Å². The van der Waals surface area contributed by atoms with Gasteiger partial charge in [0.05, 0.1) is 0 Å². The fourth-order valence-electron chi connectivity index (χ4n) is 3.39. The molecule has 0 aliphatic heterocycles. The highest BCUT2D eigenvalue weighted by Gasteiger charge is 2.33. The second kappa shape index (κ2) is 10.0. The first-order valence-electron chi connectivity index (χ1n) is 9.13. The van der Waals surface area contributed by atoms with Crippen molar-refractivity contribution in [3.63, 3.8) is 0 Å². The standard InChI is InChI=1S/C21H28N2O3/c1-3-17(2)21(20(24)16-23(25)26)22(14-18-10-6-4-7-11-18)15-19-12-8-5-9-13-19/h4-13,17,20-21,24H,3,14-16H2,1-2H3/t17-,20+,21-/m0/s1. The van der Waals surface area contributed by atoms with Crippen LogP contribution in [0, 0.1) is 16.0 Å². The highest BCUT2D eigenvalue weighted by Crippen LogP contribution is 2.23. The number of benzene rings is 2. The third-order valence-electron chi connectivity index (χ3n) is 4.84. The molecule has 2 aromatic carbocycles. The van der Waals surface area contributed by atoms with Crippen molar-refractivity contribution < 1.29 is 10.0 Å². The Morgan fingerprint density at radius 1 is 1.00 bits per heavy atom. The molecule has 0 saturated carbocycles. The molecule has 3 atom stereocenters. The van der Waals surface area contributed by atoms with Crippen LogP contribution >= 0.6 is 0 Å². The van der Waals surface area contributed by atoms with E-state index in [0.29, 0.717) is 13.1 Å². The lowest BCUT2D eigenvalue weighted by Crippen LogP contribution is -2.49. The Balaban J connectivity index is 2.31. The van der Waals surface area contributed by atoms with Gasteiger partial charge in [0, 0.05) is 24.1 Å². The van der Waals surface area contributed by atoms with Crippen molar-refractivity contribution in [2.45, 2.75) is 45.5 Å². The summed E-state index contributed by atoms with van der Waals surface area (Å²) in [5.41, 5.74) is 2.26. The summed E-state index contributed by atoms with van der Waals surface area (Å²) in [5, 5.41) is 21.6. The van der Waals surface area contributed by atoms with Gasteiger partial charge in [0.25, 0.3) is 0 Å². The largest absolute Gasteiger partial charge is 0.385 e. The molecule has 0 spiro atoms. The van der Waals surface area contributed by atoms with Gasteiger partial charge in [-0.2, -0.15) is 0 Å². The van der Waals surface area contributed by atoms with Crippen LogP contribution in [0.15, 0.2) is 60.7 Å². The molecule has 0 aliphatic rings. The average Bonchev–Trinajstić information content (AvgIpc) is 2.62. The lowest BCUT2D eigenvalue weighted by Gasteiger charge is -2.37. The summed E-state index contributed by atoms with van der Waals surface area (Å²) in [7, 11) is 0. The Bertz CT molecular complexity index is 622. The van der Waals surface area contributed by atoms with Gasteiger partial charge in [-0.3, -0.25) is 15.0 Å². The molecule has 0 heterocycles. The number of aliphatic hydroxyl groups is 1. The number of aliphatic hydroxyl groups excluding tert-OH is 1. The minimum atomic E-state index is -1.01. The van der Waals surface area contributed by atoms with E-state index in [2.05, 4.69) is 18.7 Å². The molecule has 0 aromatic heterocycles. The van der Waals surface area contributed by atoms with Crippen LogP contribution < -0.4 is 0 Å². The van der Waals surface area contributed by atoms with Crippen LogP contribution in [0.3, 0.4) is 0 Å². The first-order valence-corrected chi connectivity index (χ1v) is 9.13. The molecule has 0 radical (unpaired) electrons. The molecule has 140 valence electrons. The summed E-state index contributed by atoms with van der Waals surface area (Å²) >= 11 is 0. The van der Waals surface area contributed by atoms with E-state index < -0.39 is 17.6 Å². The van der Waals surface area contributed by atoms with Crippen LogP contribution in [0.5, 0.6) is 0 Å². The van der Waals surface area contributed by atoms with Gasteiger partial charge in [0.15, 0.2) is 0 Å². The van der Waals surface area contributed by atoms with Gasteiger partial charge < -0.3 is 5.11 Å². The third kappa shape index (κ3) is 5.93. The van der Waals surface area contributed by atoms with Crippen LogP contribution in [-0.2, 0) is 13.1 Å². The zero-order valence-corrected chi connectivity index (χ0v) is 15.5. The summed E-state index contributed by atoms with van der Waals surface area (Å²) in [6.07, 6.45) is -0.160. The molecular formula is C21H28N2O3. The molecule has 0 unspecified atom stereocenters. The maximum Gasteiger partial charge on any atom is 0.230 e. The first-order chi connectivity index (χ1) is 12.5. The molecule has 5 heteroatoms. The van der Waals surface area contributed by atoms with Crippen molar-refractivity contribution in [3.8, 4) is 0 Å². The van der Waals surface area contributed by atoms with Crippen molar-refractivity contribution in [2.75, 3.05) is 6.54 Å². The van der Waals surface area contributed by atoms with Gasteiger partial charge in [-0.1, -0.05) is 80.9 Å². The van der Waals surface area contributed by atoms with Crippen molar-refractivity contribution in [1.29, 1.82) is 0 Å². The summed E-state index contributed by atoms with van der Waals surface area (Å²) in [6, 6.07) is 19.8. The van der Waals surface area contributed by atoms with Crippen molar-refractivity contribution >= 4 is 0 Å². The minimum Gasteiger partial charge on any atom is -0.385 e. The van der Waals surface area contributed by atoms with Crippen LogP contribution in [0.1, 0.15) is 31.4 Å². The second-order valence-electron chi connectivity index (χ2n) is 6.83. The normalized spacial score (nSPS) is 14.8. The van der Waals surface area contributed by atoms with Gasteiger partial charge in [-0.15, -0.1) is 0 Å². The average molecular weight is 356 g/mol. The Morgan fingerprint density at radius 2 is 1.46 bits per heavy atom. The number of nitro groups is 1. The maximum absolute atomic E-state index is 11.0. The maximum atomic E-state index is 11.0. The minimum absolute atomic E-state index is 0.136. The Labute approximate surface area is 155 Å². The van der Waals surface area contributed by atoms with E-state index in [4.69, 9.17) is 0 Å². The van der Waals surface area contributed by atoms with E-state index >= 15 is 0 Å². The molecule has 1 N–H and O–H groups in total. The number of nitrogens with zero attached hydrogens (tertiary/aromatic N) is 2. The van der Waals surface area contributed by atoms with Gasteiger partial charge >= 0.3 is 0 Å². The highest BCUT2D eigenvalue weighted by atomic mass is 16.6. The predicted octanol–water partition coefficient (Wildman–Crippen LogP) is 3.74. The van der Waals surface area contributed by atoms with E-state index in [-0.39, 0.29) is 12.0 Å². The zero-order chi connectivity index (χ0) is 18.9. The highest BCUT2D eigenvalue weighted by molar-refractivity contribution is 5.17. The summed E-state index contributed by atoms with van der Waals surface area (Å²) in [5.74, 6) is 0.136. The van der Waals surface area contributed by atoms with Crippen LogP contribution in [0.2, 0.25) is 0 Å². The smallest absolute Gasteiger partial charge is 0.230 e. The first kappa shape index (κ1) is 20.1. The Kier molecular flexibility index (Phi) is 7.75. The number of hydrogen-bond acceptors (Lipinski definition) is 4. The molecule has 2 aromatic rings. The van der Waals surface area contributed by atoms with E-state index in [1.807, 2.05) is 60.7 Å². The van der Waals surface area contributed by atoms with Gasteiger partial charge in [0.1, 0.15) is 6.10 Å². The summed E-state index contributed by atoms with van der Waals surface area (Å²) in [6.45, 7) is 4.95. The predicted molar refractivity (Wildman–Crippen MR) is 103 cm³/mol. The second-order valence-corrected chi connectivity index (χ2v) is 6.83. The lowest BCUT2D eigenvalue weighted by atomic mass is 9.91. The lowest BCUT2D eigenvalue weighted by molar-refractivity contribution is -0.492. The third-order valence-corrected chi connectivity index (χ3v) is 4.84. The van der Waals surface area contributed by atoms with E-state index in [1.165, 1.54) is 0 Å². The molecule has 0 saturated heterocycles. The molecule has 0 amide bonds. The fourth-order valence-corrected chi connectivity index (χ4v) is 3.39. The van der Waals surface area contributed by atoms with Crippen molar-refractivity contribution in [1.82, 2.24) is 4.90 Å². The van der Waals surface area contributed by atoms with E-state index in [9.17, 15) is 15.2 Å². The van der Waals surface area contributed by atoms with E-state index in [1.54, 1.807) is 0 Å². The molecule has 0 fully saturated rings. The van der Waals surface area contributed by atoms with Crippen LogP contribution in [-0.4, -0.2) is 33.6 Å². The SMILES string of the molecule is CC[C@H](C)[C@@H]([C@H](O)C[N+](=O)[O-])N(Cc1ccccc1)Cc1ccccc1. The van der Waals surface area contributed by atoms with Gasteiger partial charge in [-0.25, -0.2) is 0 Å². The Morgan fingerprint density at radius 3 is 1.85 bits per heavy atom. The molecular weight excluding hydrogens is 328 g/mol.